The lowest BCUT2D eigenvalue weighted by Gasteiger charge is -2.19. The van der Waals surface area contributed by atoms with Crippen LogP contribution in [0.15, 0.2) is 46.8 Å². The molecule has 5 nitrogen and oxygen atoms in total. The van der Waals surface area contributed by atoms with Crippen LogP contribution in [0.1, 0.15) is 34.5 Å². The SMILES string of the molecule is CN=C(NCCCNC(=O)c1cccs1)NCC1(c2cccc(Cl)c2)CC1. The van der Waals surface area contributed by atoms with Gasteiger partial charge in [-0.15, -0.1) is 11.3 Å². The van der Waals surface area contributed by atoms with Crippen molar-refractivity contribution in [2.24, 2.45) is 4.99 Å². The molecular formula is C20H25ClN4OS. The second kappa shape index (κ2) is 9.24. The van der Waals surface area contributed by atoms with E-state index >= 15 is 0 Å². The molecule has 3 rings (SSSR count). The van der Waals surface area contributed by atoms with Crippen LogP contribution in [0.2, 0.25) is 5.02 Å². The van der Waals surface area contributed by atoms with Gasteiger partial charge in [0.1, 0.15) is 0 Å². The smallest absolute Gasteiger partial charge is 0.261 e. The van der Waals surface area contributed by atoms with Crippen molar-refractivity contribution in [1.29, 1.82) is 0 Å². The molecule has 0 spiro atoms. The summed E-state index contributed by atoms with van der Waals surface area (Å²) in [5, 5.41) is 12.3. The zero-order valence-corrected chi connectivity index (χ0v) is 17.0. The summed E-state index contributed by atoms with van der Waals surface area (Å²) in [5.41, 5.74) is 1.45. The minimum Gasteiger partial charge on any atom is -0.356 e. The van der Waals surface area contributed by atoms with Crippen LogP contribution >= 0.6 is 22.9 Å². The summed E-state index contributed by atoms with van der Waals surface area (Å²) in [7, 11) is 1.77. The molecular weight excluding hydrogens is 380 g/mol. The third-order valence-electron chi connectivity index (χ3n) is 4.78. The number of guanidine groups is 1. The fourth-order valence-electron chi connectivity index (χ4n) is 3.00. The maximum absolute atomic E-state index is 11.9. The standard InChI is InChI=1S/C20H25ClN4OS/c1-22-19(24-11-4-10-23-18(26)17-7-3-12-27-17)25-14-20(8-9-20)15-5-2-6-16(21)13-15/h2-3,5-7,12-13H,4,8-11,14H2,1H3,(H,23,26)(H2,22,24,25). The second-order valence-electron chi connectivity index (χ2n) is 6.73. The van der Waals surface area contributed by atoms with E-state index in [2.05, 4.69) is 33.1 Å². The average Bonchev–Trinajstić information content (AvgIpc) is 3.26. The van der Waals surface area contributed by atoms with Gasteiger partial charge in [-0.25, -0.2) is 0 Å². The Bertz CT molecular complexity index is 787. The van der Waals surface area contributed by atoms with E-state index in [9.17, 15) is 4.79 Å². The Balaban J connectivity index is 1.37. The highest BCUT2D eigenvalue weighted by Gasteiger charge is 2.44. The third-order valence-corrected chi connectivity index (χ3v) is 5.89. The highest BCUT2D eigenvalue weighted by molar-refractivity contribution is 7.12. The molecule has 144 valence electrons. The number of carbonyl (C=O) groups excluding carboxylic acids is 1. The summed E-state index contributed by atoms with van der Waals surface area (Å²) in [4.78, 5) is 16.9. The summed E-state index contributed by atoms with van der Waals surface area (Å²) in [6.45, 7) is 2.21. The van der Waals surface area contributed by atoms with Crippen LogP contribution in [0, 0.1) is 0 Å². The summed E-state index contributed by atoms with van der Waals surface area (Å²) in [5.74, 6) is 0.776. The quantitative estimate of drug-likeness (QED) is 0.359. The van der Waals surface area contributed by atoms with Crippen molar-refractivity contribution in [2.45, 2.75) is 24.7 Å². The van der Waals surface area contributed by atoms with Crippen LogP contribution in [0.5, 0.6) is 0 Å². The van der Waals surface area contributed by atoms with E-state index in [1.165, 1.54) is 16.9 Å². The fraction of sp³-hybridized carbons (Fsp3) is 0.400. The Hall–Kier alpha value is -2.05. The normalized spacial score (nSPS) is 15.3. The predicted octanol–water partition coefficient (Wildman–Crippen LogP) is 3.42. The number of halogens is 1. The summed E-state index contributed by atoms with van der Waals surface area (Å²) in [6, 6.07) is 11.8. The lowest BCUT2D eigenvalue weighted by Crippen LogP contribution is -2.42. The number of benzene rings is 1. The van der Waals surface area contributed by atoms with Gasteiger partial charge < -0.3 is 16.0 Å². The molecule has 0 aliphatic heterocycles. The van der Waals surface area contributed by atoms with Crippen LogP contribution in [-0.4, -0.2) is 38.5 Å². The molecule has 0 unspecified atom stereocenters. The zero-order chi connectivity index (χ0) is 19.1. The van der Waals surface area contributed by atoms with Crippen LogP contribution in [0.4, 0.5) is 0 Å². The van der Waals surface area contributed by atoms with Gasteiger partial charge in [-0.3, -0.25) is 9.79 Å². The van der Waals surface area contributed by atoms with Crippen molar-refractivity contribution in [3.8, 4) is 0 Å². The van der Waals surface area contributed by atoms with Crippen molar-refractivity contribution < 1.29 is 4.79 Å². The molecule has 1 aromatic carbocycles. The molecule has 0 atom stereocenters. The number of carbonyl (C=O) groups is 1. The second-order valence-corrected chi connectivity index (χ2v) is 8.11. The average molecular weight is 405 g/mol. The van der Waals surface area contributed by atoms with Gasteiger partial charge >= 0.3 is 0 Å². The maximum Gasteiger partial charge on any atom is 0.261 e. The van der Waals surface area contributed by atoms with Gasteiger partial charge in [-0.2, -0.15) is 0 Å². The number of rotatable bonds is 8. The molecule has 1 aliphatic carbocycles. The largest absolute Gasteiger partial charge is 0.356 e. The molecule has 1 fully saturated rings. The van der Waals surface area contributed by atoms with E-state index in [0.717, 1.165) is 48.2 Å². The lowest BCUT2D eigenvalue weighted by atomic mass is 9.96. The molecule has 7 heteroatoms. The molecule has 1 aromatic heterocycles. The first kappa shape index (κ1) is 19.7. The maximum atomic E-state index is 11.9. The Morgan fingerprint density at radius 2 is 2.00 bits per heavy atom. The number of nitrogens with zero attached hydrogens (tertiary/aromatic N) is 1. The van der Waals surface area contributed by atoms with E-state index in [4.69, 9.17) is 11.6 Å². The van der Waals surface area contributed by atoms with Crippen LogP contribution in [0.25, 0.3) is 0 Å². The van der Waals surface area contributed by atoms with Gasteiger partial charge in [0.15, 0.2) is 5.96 Å². The first-order valence-corrected chi connectivity index (χ1v) is 10.4. The minimum atomic E-state index is -0.00953. The van der Waals surface area contributed by atoms with Gasteiger partial charge in [0.2, 0.25) is 0 Å². The molecule has 1 heterocycles. The molecule has 27 heavy (non-hydrogen) atoms. The number of nitrogens with one attached hydrogen (secondary N) is 3. The first-order valence-electron chi connectivity index (χ1n) is 9.15. The lowest BCUT2D eigenvalue weighted by molar-refractivity contribution is 0.0957. The van der Waals surface area contributed by atoms with Gasteiger partial charge in [-0.05, 0) is 48.4 Å². The van der Waals surface area contributed by atoms with E-state index < -0.39 is 0 Å². The van der Waals surface area contributed by atoms with E-state index in [1.807, 2.05) is 29.6 Å². The molecule has 0 saturated heterocycles. The van der Waals surface area contributed by atoms with Gasteiger partial charge in [0, 0.05) is 37.1 Å². The number of thiophene rings is 1. The summed E-state index contributed by atoms with van der Waals surface area (Å²) >= 11 is 7.59. The highest BCUT2D eigenvalue weighted by atomic mass is 35.5. The first-order chi connectivity index (χ1) is 13.1. The molecule has 1 aliphatic rings. The van der Waals surface area contributed by atoms with Gasteiger partial charge in [-0.1, -0.05) is 29.8 Å². The molecule has 2 aromatic rings. The third kappa shape index (κ3) is 5.47. The summed E-state index contributed by atoms with van der Waals surface area (Å²) < 4.78 is 0. The van der Waals surface area contributed by atoms with Crippen LogP contribution in [0.3, 0.4) is 0 Å². The van der Waals surface area contributed by atoms with Crippen LogP contribution < -0.4 is 16.0 Å². The van der Waals surface area contributed by atoms with Crippen molar-refractivity contribution >= 4 is 34.8 Å². The zero-order valence-electron chi connectivity index (χ0n) is 15.4. The molecule has 0 bridgehead atoms. The van der Waals surface area contributed by atoms with Gasteiger partial charge in [0.25, 0.3) is 5.91 Å². The number of hydrogen-bond acceptors (Lipinski definition) is 3. The van der Waals surface area contributed by atoms with Crippen molar-refractivity contribution in [3.63, 3.8) is 0 Å². The summed E-state index contributed by atoms with van der Waals surface area (Å²) in [6.07, 6.45) is 3.15. The Kier molecular flexibility index (Phi) is 6.74. The minimum absolute atomic E-state index is 0.00953. The number of amides is 1. The predicted molar refractivity (Wildman–Crippen MR) is 113 cm³/mol. The molecule has 1 saturated carbocycles. The van der Waals surface area contributed by atoms with Crippen molar-refractivity contribution in [1.82, 2.24) is 16.0 Å². The molecule has 0 radical (unpaired) electrons. The Morgan fingerprint density at radius 3 is 2.67 bits per heavy atom. The van der Waals surface area contributed by atoms with Crippen molar-refractivity contribution in [3.05, 3.63) is 57.2 Å². The number of aliphatic imine (C=N–C) groups is 1. The van der Waals surface area contributed by atoms with Crippen molar-refractivity contribution in [2.75, 3.05) is 26.7 Å². The van der Waals surface area contributed by atoms with E-state index in [1.54, 1.807) is 7.05 Å². The number of hydrogen-bond donors (Lipinski definition) is 3. The fourth-order valence-corrected chi connectivity index (χ4v) is 3.83. The highest BCUT2D eigenvalue weighted by Crippen LogP contribution is 2.48. The van der Waals surface area contributed by atoms with E-state index in [0.29, 0.717) is 6.54 Å². The van der Waals surface area contributed by atoms with Gasteiger partial charge in [0.05, 0.1) is 4.88 Å². The van der Waals surface area contributed by atoms with Crippen LogP contribution in [-0.2, 0) is 5.41 Å². The van der Waals surface area contributed by atoms with E-state index in [-0.39, 0.29) is 11.3 Å². The monoisotopic (exact) mass is 404 g/mol. The Labute approximate surface area is 169 Å². The Morgan fingerprint density at radius 1 is 1.19 bits per heavy atom. The topological polar surface area (TPSA) is 65.5 Å². The molecule has 3 N–H and O–H groups in total. The molecule has 1 amide bonds.